The summed E-state index contributed by atoms with van der Waals surface area (Å²) in [5.74, 6) is 1.40. The van der Waals surface area contributed by atoms with Gasteiger partial charge in [-0.25, -0.2) is 0 Å². The van der Waals surface area contributed by atoms with Crippen LogP contribution in [0.3, 0.4) is 0 Å². The number of aromatic nitrogens is 3. The van der Waals surface area contributed by atoms with Crippen LogP contribution in [-0.4, -0.2) is 34.7 Å². The first-order chi connectivity index (χ1) is 11.2. The molecule has 1 heterocycles. The molecule has 0 spiro atoms. The molecule has 1 aromatic carbocycles. The summed E-state index contributed by atoms with van der Waals surface area (Å²) in [4.78, 5) is 2.06. The maximum absolute atomic E-state index is 8.64. The summed E-state index contributed by atoms with van der Waals surface area (Å²) in [5.41, 5.74) is 2.07. The number of nitrogens with one attached hydrogen (secondary N) is 1. The number of hydrogen-bond donors (Lipinski definition) is 1. The van der Waals surface area contributed by atoms with E-state index in [1.54, 1.807) is 10.9 Å². The van der Waals surface area contributed by atoms with Gasteiger partial charge in [0.25, 0.3) is 0 Å². The van der Waals surface area contributed by atoms with E-state index in [0.29, 0.717) is 17.1 Å². The summed E-state index contributed by atoms with van der Waals surface area (Å²) in [6.45, 7) is 0.721. The third-order valence-corrected chi connectivity index (χ3v) is 4.10. The zero-order valence-corrected chi connectivity index (χ0v) is 13.8. The van der Waals surface area contributed by atoms with Crippen molar-refractivity contribution in [2.75, 3.05) is 18.5 Å². The second-order valence-corrected chi connectivity index (χ2v) is 6.03. The minimum atomic E-state index is 0.483. The summed E-state index contributed by atoms with van der Waals surface area (Å²) in [7, 11) is 1.98. The fourth-order valence-electron chi connectivity index (χ4n) is 2.31. The number of benzene rings is 1. The van der Waals surface area contributed by atoms with E-state index in [0.717, 1.165) is 36.5 Å². The Balaban J connectivity index is 1.72. The monoisotopic (exact) mass is 326 g/mol. The van der Waals surface area contributed by atoms with Crippen LogP contribution in [0.1, 0.15) is 36.6 Å². The second kappa shape index (κ2) is 6.75. The zero-order chi connectivity index (χ0) is 16.2. The first kappa shape index (κ1) is 15.4. The smallest absolute Gasteiger partial charge is 0.216 e. The van der Waals surface area contributed by atoms with Gasteiger partial charge in [-0.2, -0.15) is 20.1 Å². The molecule has 1 aliphatic carbocycles. The molecule has 1 N–H and O–H groups in total. The standard InChI is InChI=1S/C16H18N6S/c1-21(10-2-9-17)14-7-3-12(4-8-14)11-18-22-15(13-5-6-13)19-20-16(22)23/h3-4,7-8,11,13H,2,5-6,10H2,1H3,(H,20,23)/b18-11-. The minimum absolute atomic E-state index is 0.483. The highest BCUT2D eigenvalue weighted by Gasteiger charge is 2.29. The summed E-state index contributed by atoms with van der Waals surface area (Å²) in [6, 6.07) is 10.2. The Bertz CT molecular complexity index is 791. The third kappa shape index (κ3) is 3.66. The number of nitriles is 1. The molecule has 0 amide bonds. The van der Waals surface area contributed by atoms with Crippen molar-refractivity contribution in [2.24, 2.45) is 5.10 Å². The third-order valence-electron chi connectivity index (χ3n) is 3.83. The minimum Gasteiger partial charge on any atom is -0.374 e. The fraction of sp³-hybridized carbons (Fsp3) is 0.375. The molecule has 0 atom stereocenters. The summed E-state index contributed by atoms with van der Waals surface area (Å²) < 4.78 is 2.23. The topological polar surface area (TPSA) is 73.0 Å². The molecular weight excluding hydrogens is 308 g/mol. The number of H-pyrrole nitrogens is 1. The van der Waals surface area contributed by atoms with E-state index in [9.17, 15) is 0 Å². The molecule has 7 heteroatoms. The molecule has 0 radical (unpaired) electrons. The Hall–Kier alpha value is -2.46. The Labute approximate surface area is 140 Å². The lowest BCUT2D eigenvalue weighted by molar-refractivity contribution is 0.773. The Morgan fingerprint density at radius 1 is 1.48 bits per heavy atom. The highest BCUT2D eigenvalue weighted by Crippen LogP contribution is 2.38. The highest BCUT2D eigenvalue weighted by atomic mass is 32.1. The summed E-state index contributed by atoms with van der Waals surface area (Å²) in [6.07, 6.45) is 4.61. The number of aromatic amines is 1. The molecule has 118 valence electrons. The van der Waals surface area contributed by atoms with Gasteiger partial charge in [0.1, 0.15) is 0 Å². The molecule has 3 rings (SSSR count). The quantitative estimate of drug-likeness (QED) is 0.654. The molecular formula is C16H18N6S. The van der Waals surface area contributed by atoms with Crippen LogP contribution < -0.4 is 4.90 Å². The first-order valence-electron chi connectivity index (χ1n) is 7.59. The molecule has 1 fully saturated rings. The normalized spacial score (nSPS) is 14.1. The highest BCUT2D eigenvalue weighted by molar-refractivity contribution is 7.71. The van der Waals surface area contributed by atoms with Crippen LogP contribution in [0.25, 0.3) is 0 Å². The molecule has 0 bridgehead atoms. The van der Waals surface area contributed by atoms with Crippen molar-refractivity contribution < 1.29 is 0 Å². The number of rotatable bonds is 6. The van der Waals surface area contributed by atoms with Crippen LogP contribution in [0.15, 0.2) is 29.4 Å². The number of anilines is 1. The van der Waals surface area contributed by atoms with Crippen molar-refractivity contribution in [2.45, 2.75) is 25.2 Å². The lowest BCUT2D eigenvalue weighted by Crippen LogP contribution is -2.17. The van der Waals surface area contributed by atoms with Crippen LogP contribution in [0.4, 0.5) is 5.69 Å². The van der Waals surface area contributed by atoms with E-state index in [1.165, 1.54) is 0 Å². The predicted molar refractivity (Wildman–Crippen MR) is 92.3 cm³/mol. The summed E-state index contributed by atoms with van der Waals surface area (Å²) in [5, 5.41) is 20.2. The van der Waals surface area contributed by atoms with Crippen LogP contribution >= 0.6 is 12.2 Å². The number of nitrogens with zero attached hydrogens (tertiary/aromatic N) is 5. The molecule has 2 aromatic rings. The van der Waals surface area contributed by atoms with Crippen molar-refractivity contribution in [1.29, 1.82) is 5.26 Å². The van der Waals surface area contributed by atoms with Gasteiger partial charge in [0, 0.05) is 25.2 Å². The largest absolute Gasteiger partial charge is 0.374 e. The number of hydrogen-bond acceptors (Lipinski definition) is 5. The van der Waals surface area contributed by atoms with Crippen molar-refractivity contribution in [1.82, 2.24) is 14.9 Å². The molecule has 0 unspecified atom stereocenters. The van der Waals surface area contributed by atoms with Crippen LogP contribution in [-0.2, 0) is 0 Å². The summed E-state index contributed by atoms with van der Waals surface area (Å²) >= 11 is 5.23. The molecule has 6 nitrogen and oxygen atoms in total. The molecule has 1 aromatic heterocycles. The van der Waals surface area contributed by atoms with Crippen LogP contribution in [0.5, 0.6) is 0 Å². The Morgan fingerprint density at radius 3 is 2.87 bits per heavy atom. The van der Waals surface area contributed by atoms with E-state index in [4.69, 9.17) is 17.5 Å². The van der Waals surface area contributed by atoms with Gasteiger partial charge in [-0.1, -0.05) is 12.1 Å². The van der Waals surface area contributed by atoms with Gasteiger partial charge in [0.15, 0.2) is 5.82 Å². The van der Waals surface area contributed by atoms with E-state index < -0.39 is 0 Å². The van der Waals surface area contributed by atoms with E-state index in [-0.39, 0.29) is 0 Å². The van der Waals surface area contributed by atoms with Gasteiger partial charge in [0.05, 0.1) is 18.7 Å². The molecule has 0 saturated heterocycles. The predicted octanol–water partition coefficient (Wildman–Crippen LogP) is 3.05. The van der Waals surface area contributed by atoms with E-state index >= 15 is 0 Å². The van der Waals surface area contributed by atoms with Crippen molar-refractivity contribution in [3.05, 3.63) is 40.4 Å². The molecule has 1 aliphatic rings. The average Bonchev–Trinajstić information content (AvgIpc) is 3.35. The van der Waals surface area contributed by atoms with Crippen molar-refractivity contribution in [3.63, 3.8) is 0 Å². The van der Waals surface area contributed by atoms with Crippen LogP contribution in [0, 0.1) is 16.1 Å². The van der Waals surface area contributed by atoms with Gasteiger partial charge in [0.2, 0.25) is 4.77 Å². The van der Waals surface area contributed by atoms with Crippen molar-refractivity contribution >= 4 is 24.1 Å². The van der Waals surface area contributed by atoms with Crippen LogP contribution in [0.2, 0.25) is 0 Å². The van der Waals surface area contributed by atoms with E-state index in [1.807, 2.05) is 31.3 Å². The molecule has 1 saturated carbocycles. The van der Waals surface area contributed by atoms with Crippen molar-refractivity contribution in [3.8, 4) is 6.07 Å². The molecule has 23 heavy (non-hydrogen) atoms. The van der Waals surface area contributed by atoms with Gasteiger partial charge >= 0.3 is 0 Å². The van der Waals surface area contributed by atoms with Gasteiger partial charge < -0.3 is 4.90 Å². The van der Waals surface area contributed by atoms with Gasteiger partial charge in [-0.05, 0) is 42.8 Å². The first-order valence-corrected chi connectivity index (χ1v) is 7.99. The second-order valence-electron chi connectivity index (χ2n) is 5.64. The maximum atomic E-state index is 8.64. The zero-order valence-electron chi connectivity index (χ0n) is 12.9. The lowest BCUT2D eigenvalue weighted by Gasteiger charge is -2.17. The van der Waals surface area contributed by atoms with E-state index in [2.05, 4.69) is 26.3 Å². The maximum Gasteiger partial charge on any atom is 0.216 e. The van der Waals surface area contributed by atoms with Gasteiger partial charge in [-0.15, -0.1) is 0 Å². The fourth-order valence-corrected chi connectivity index (χ4v) is 2.49. The SMILES string of the molecule is CN(CCC#N)c1ccc(/C=N\n2c(C3CC3)n[nH]c2=S)cc1. The Kier molecular flexibility index (Phi) is 4.53. The average molecular weight is 326 g/mol. The lowest BCUT2D eigenvalue weighted by atomic mass is 10.2. The Morgan fingerprint density at radius 2 is 2.22 bits per heavy atom. The van der Waals surface area contributed by atoms with Gasteiger partial charge in [-0.3, -0.25) is 5.10 Å². The molecule has 0 aliphatic heterocycles.